The normalized spacial score (nSPS) is 15.3. The highest BCUT2D eigenvalue weighted by Gasteiger charge is 2.21. The lowest BCUT2D eigenvalue weighted by Crippen LogP contribution is -2.10. The Labute approximate surface area is 153 Å². The maximum absolute atomic E-state index is 13.6. The highest BCUT2D eigenvalue weighted by atomic mass is 19.1. The van der Waals surface area contributed by atoms with Crippen LogP contribution in [0, 0.1) is 11.6 Å². The Bertz CT molecular complexity index is 995. The molecule has 0 amide bonds. The zero-order chi connectivity index (χ0) is 19.0. The number of fused-ring (bicyclic) bond motifs is 1. The Balaban J connectivity index is 1.46. The molecule has 4 rings (SSSR count). The van der Waals surface area contributed by atoms with Gasteiger partial charge in [0.15, 0.2) is 5.76 Å². The van der Waals surface area contributed by atoms with E-state index in [1.165, 1.54) is 6.07 Å². The van der Waals surface area contributed by atoms with Crippen molar-refractivity contribution in [3.63, 3.8) is 0 Å². The lowest BCUT2D eigenvalue weighted by molar-refractivity contribution is 0.0453. The predicted molar refractivity (Wildman–Crippen MR) is 91.2 cm³/mol. The maximum Gasteiger partial charge on any atom is 0.344 e. The summed E-state index contributed by atoms with van der Waals surface area (Å²) < 4.78 is 43.1. The number of nitrogens with zero attached hydrogens (tertiary/aromatic N) is 1. The highest BCUT2D eigenvalue weighted by molar-refractivity contribution is 5.90. The van der Waals surface area contributed by atoms with Gasteiger partial charge in [0.1, 0.15) is 41.4 Å². The summed E-state index contributed by atoms with van der Waals surface area (Å²) >= 11 is 0. The van der Waals surface area contributed by atoms with E-state index in [-0.39, 0.29) is 12.7 Å². The number of carbonyl (C=O) groups excluding carboxylic acids is 1. The van der Waals surface area contributed by atoms with Gasteiger partial charge in [0, 0.05) is 18.1 Å². The van der Waals surface area contributed by atoms with E-state index < -0.39 is 23.2 Å². The van der Waals surface area contributed by atoms with Crippen LogP contribution >= 0.6 is 0 Å². The summed E-state index contributed by atoms with van der Waals surface area (Å²) in [6.07, 6.45) is 0.953. The van der Waals surface area contributed by atoms with Gasteiger partial charge in [0.05, 0.1) is 0 Å². The fraction of sp³-hybridized carbons (Fsp3) is 0.200. The molecule has 0 aliphatic carbocycles. The molecule has 3 aromatic rings. The Morgan fingerprint density at radius 1 is 1.22 bits per heavy atom. The van der Waals surface area contributed by atoms with Crippen LogP contribution in [0.4, 0.5) is 8.78 Å². The Morgan fingerprint density at radius 3 is 2.78 bits per heavy atom. The number of hydrogen-bond acceptors (Lipinski definition) is 5. The average molecular weight is 371 g/mol. The van der Waals surface area contributed by atoms with Crippen molar-refractivity contribution in [3.8, 4) is 17.1 Å². The number of rotatable bonds is 4. The van der Waals surface area contributed by atoms with Crippen molar-refractivity contribution in [3.05, 3.63) is 70.9 Å². The SMILES string of the molecule is CC1Cc2cc(-c3cc(COC(=O)c4c(F)cccc4F)no3)ccc2O1. The molecule has 0 saturated heterocycles. The Morgan fingerprint density at radius 2 is 2.00 bits per heavy atom. The van der Waals surface area contributed by atoms with Gasteiger partial charge in [-0.1, -0.05) is 11.2 Å². The minimum absolute atomic E-state index is 0.138. The van der Waals surface area contributed by atoms with Crippen LogP contribution in [0.3, 0.4) is 0 Å². The maximum atomic E-state index is 13.6. The number of aromatic nitrogens is 1. The third-order valence-corrected chi connectivity index (χ3v) is 4.26. The fourth-order valence-electron chi connectivity index (χ4n) is 3.00. The standard InChI is InChI=1S/C20H15F2NO4/c1-11-7-13-8-12(5-6-17(13)26-11)18-9-14(23-27-18)10-25-20(24)19-15(21)3-2-4-16(19)22/h2-6,8-9,11H,7,10H2,1H3. The molecule has 1 unspecified atom stereocenters. The van der Waals surface area contributed by atoms with E-state index in [1.807, 2.05) is 25.1 Å². The molecule has 5 nitrogen and oxygen atoms in total. The first-order chi connectivity index (χ1) is 13.0. The lowest BCUT2D eigenvalue weighted by Gasteiger charge is -2.04. The molecule has 1 atom stereocenters. The predicted octanol–water partition coefficient (Wildman–Crippen LogP) is 4.30. The number of esters is 1. The number of halogens is 2. The van der Waals surface area contributed by atoms with Gasteiger partial charge in [-0.25, -0.2) is 13.6 Å². The molecule has 27 heavy (non-hydrogen) atoms. The van der Waals surface area contributed by atoms with Gasteiger partial charge in [-0.3, -0.25) is 0 Å². The smallest absolute Gasteiger partial charge is 0.344 e. The minimum atomic E-state index is -1.10. The number of hydrogen-bond donors (Lipinski definition) is 0. The second-order valence-electron chi connectivity index (χ2n) is 6.31. The van der Waals surface area contributed by atoms with E-state index >= 15 is 0 Å². The van der Waals surface area contributed by atoms with Gasteiger partial charge in [-0.2, -0.15) is 0 Å². The molecule has 1 aromatic heterocycles. The molecule has 7 heteroatoms. The van der Waals surface area contributed by atoms with Crippen LogP contribution in [0.25, 0.3) is 11.3 Å². The molecule has 2 aromatic carbocycles. The van der Waals surface area contributed by atoms with Crippen molar-refractivity contribution in [2.75, 3.05) is 0 Å². The molecule has 2 heterocycles. The van der Waals surface area contributed by atoms with Crippen molar-refractivity contribution in [1.82, 2.24) is 5.16 Å². The van der Waals surface area contributed by atoms with Gasteiger partial charge in [-0.15, -0.1) is 0 Å². The number of benzene rings is 2. The topological polar surface area (TPSA) is 61.6 Å². The summed E-state index contributed by atoms with van der Waals surface area (Å²) in [5, 5.41) is 3.84. The van der Waals surface area contributed by atoms with Crippen molar-refractivity contribution < 1.29 is 27.6 Å². The van der Waals surface area contributed by atoms with Crippen LogP contribution in [0.2, 0.25) is 0 Å². The van der Waals surface area contributed by atoms with E-state index in [9.17, 15) is 13.6 Å². The molecule has 0 spiro atoms. The van der Waals surface area contributed by atoms with E-state index in [1.54, 1.807) is 6.07 Å². The van der Waals surface area contributed by atoms with Crippen molar-refractivity contribution >= 4 is 5.97 Å². The van der Waals surface area contributed by atoms with Crippen molar-refractivity contribution in [1.29, 1.82) is 0 Å². The number of ether oxygens (including phenoxy) is 2. The van der Waals surface area contributed by atoms with E-state index in [0.29, 0.717) is 11.5 Å². The van der Waals surface area contributed by atoms with Gasteiger partial charge in [0.2, 0.25) is 0 Å². The molecular formula is C20H15F2NO4. The summed E-state index contributed by atoms with van der Waals surface area (Å²) in [4.78, 5) is 11.9. The molecule has 0 radical (unpaired) electrons. The van der Waals surface area contributed by atoms with Crippen LogP contribution in [-0.2, 0) is 17.8 Å². The van der Waals surface area contributed by atoms with Gasteiger partial charge >= 0.3 is 5.97 Å². The first-order valence-electron chi connectivity index (χ1n) is 8.38. The number of carbonyl (C=O) groups is 1. The molecular weight excluding hydrogens is 356 g/mol. The lowest BCUT2D eigenvalue weighted by atomic mass is 10.1. The van der Waals surface area contributed by atoms with Crippen LogP contribution in [0.5, 0.6) is 5.75 Å². The third-order valence-electron chi connectivity index (χ3n) is 4.26. The quantitative estimate of drug-likeness (QED) is 0.640. The van der Waals surface area contributed by atoms with E-state index in [2.05, 4.69) is 5.16 Å². The van der Waals surface area contributed by atoms with Crippen LogP contribution in [-0.4, -0.2) is 17.2 Å². The van der Waals surface area contributed by atoms with Gasteiger partial charge in [-0.05, 0) is 42.8 Å². The molecule has 0 N–H and O–H groups in total. The summed E-state index contributed by atoms with van der Waals surface area (Å²) in [6, 6.07) is 10.5. The Kier molecular flexibility index (Phi) is 4.35. The largest absolute Gasteiger partial charge is 0.490 e. The first-order valence-corrected chi connectivity index (χ1v) is 8.38. The molecule has 138 valence electrons. The fourth-order valence-corrected chi connectivity index (χ4v) is 3.00. The summed E-state index contributed by atoms with van der Waals surface area (Å²) in [5.41, 5.74) is 1.50. The molecule has 0 saturated carbocycles. The molecule has 0 bridgehead atoms. The highest BCUT2D eigenvalue weighted by Crippen LogP contribution is 2.33. The van der Waals surface area contributed by atoms with E-state index in [0.717, 1.165) is 35.4 Å². The molecule has 1 aliphatic rings. The zero-order valence-corrected chi connectivity index (χ0v) is 14.4. The van der Waals surface area contributed by atoms with Crippen molar-refractivity contribution in [2.45, 2.75) is 26.1 Å². The molecule has 0 fully saturated rings. The van der Waals surface area contributed by atoms with Crippen LogP contribution < -0.4 is 4.74 Å². The van der Waals surface area contributed by atoms with E-state index in [4.69, 9.17) is 14.0 Å². The van der Waals surface area contributed by atoms with Crippen molar-refractivity contribution in [2.24, 2.45) is 0 Å². The Hall–Kier alpha value is -3.22. The van der Waals surface area contributed by atoms with Gasteiger partial charge in [0.25, 0.3) is 0 Å². The molecule has 1 aliphatic heterocycles. The summed E-state index contributed by atoms with van der Waals surface area (Å²) in [7, 11) is 0. The monoisotopic (exact) mass is 371 g/mol. The zero-order valence-electron chi connectivity index (χ0n) is 14.4. The third kappa shape index (κ3) is 3.40. The van der Waals surface area contributed by atoms with Gasteiger partial charge < -0.3 is 14.0 Å². The minimum Gasteiger partial charge on any atom is -0.490 e. The summed E-state index contributed by atoms with van der Waals surface area (Å²) in [6.45, 7) is 1.74. The summed E-state index contributed by atoms with van der Waals surface area (Å²) in [5.74, 6) is -1.70. The van der Waals surface area contributed by atoms with Crippen LogP contribution in [0.15, 0.2) is 47.0 Å². The second-order valence-corrected chi connectivity index (χ2v) is 6.31. The first kappa shape index (κ1) is 17.2. The second kappa shape index (κ2) is 6.83. The van der Waals surface area contributed by atoms with Crippen LogP contribution in [0.1, 0.15) is 28.5 Å². The average Bonchev–Trinajstić information content (AvgIpc) is 3.24.